The Morgan fingerprint density at radius 2 is 1.60 bits per heavy atom. The number of hydrogen-bond donors (Lipinski definition) is 1. The minimum Gasteiger partial charge on any atom is -0.339 e. The number of benzene rings is 1. The molecule has 166 valence electrons. The van der Waals surface area contributed by atoms with Crippen molar-refractivity contribution in [3.8, 4) is 0 Å². The maximum Gasteiger partial charge on any atom is 0.238 e. The maximum absolute atomic E-state index is 12.7. The fourth-order valence-electron chi connectivity index (χ4n) is 4.38. The molecule has 2 heterocycles. The number of hydrogen-bond acceptors (Lipinski definition) is 5. The second kappa shape index (κ2) is 10.9. The molecule has 2 aliphatic heterocycles. The van der Waals surface area contributed by atoms with Gasteiger partial charge in [0.05, 0.1) is 13.1 Å². The van der Waals surface area contributed by atoms with Crippen LogP contribution in [-0.2, 0) is 16.0 Å². The lowest BCUT2D eigenvalue weighted by Crippen LogP contribution is -2.53. The standard InChI is InChI=1S/C23H37N5O2/c1-4-19-7-5-6-8-21(19)24-22(29)17-27-13-15-28(16-14-27)23(30)18-26-11-9-20(10-12-26)25(2)3/h5-8,20H,4,9-18H2,1-3H3,(H,24,29). The van der Waals surface area contributed by atoms with Crippen molar-refractivity contribution in [3.63, 3.8) is 0 Å². The van der Waals surface area contributed by atoms with E-state index in [9.17, 15) is 9.59 Å². The van der Waals surface area contributed by atoms with Gasteiger partial charge in [-0.2, -0.15) is 0 Å². The molecule has 2 saturated heterocycles. The average molecular weight is 416 g/mol. The number of piperidine rings is 1. The van der Waals surface area contributed by atoms with Crippen LogP contribution in [-0.4, -0.2) is 104 Å². The Balaban J connectivity index is 1.38. The summed E-state index contributed by atoms with van der Waals surface area (Å²) in [7, 11) is 4.27. The first-order valence-electron chi connectivity index (χ1n) is 11.2. The van der Waals surface area contributed by atoms with Gasteiger partial charge in [0, 0.05) is 51.0 Å². The number of carbonyl (C=O) groups is 2. The van der Waals surface area contributed by atoms with E-state index in [1.54, 1.807) is 0 Å². The van der Waals surface area contributed by atoms with Gasteiger partial charge in [0.1, 0.15) is 0 Å². The number of rotatable bonds is 7. The van der Waals surface area contributed by atoms with Crippen molar-refractivity contribution < 1.29 is 9.59 Å². The van der Waals surface area contributed by atoms with Crippen LogP contribution in [0.15, 0.2) is 24.3 Å². The van der Waals surface area contributed by atoms with Crippen LogP contribution < -0.4 is 5.32 Å². The van der Waals surface area contributed by atoms with Crippen molar-refractivity contribution in [3.05, 3.63) is 29.8 Å². The molecule has 0 spiro atoms. The first-order valence-corrected chi connectivity index (χ1v) is 11.2. The van der Waals surface area contributed by atoms with Gasteiger partial charge in [0.15, 0.2) is 0 Å². The number of amides is 2. The summed E-state index contributed by atoms with van der Waals surface area (Å²) < 4.78 is 0. The zero-order valence-electron chi connectivity index (χ0n) is 18.8. The van der Waals surface area contributed by atoms with Gasteiger partial charge in [0.2, 0.25) is 11.8 Å². The molecule has 7 heteroatoms. The summed E-state index contributed by atoms with van der Waals surface area (Å²) in [4.78, 5) is 33.8. The number of nitrogens with one attached hydrogen (secondary N) is 1. The third-order valence-corrected chi connectivity index (χ3v) is 6.41. The van der Waals surface area contributed by atoms with Gasteiger partial charge in [-0.3, -0.25) is 19.4 Å². The van der Waals surface area contributed by atoms with E-state index in [1.165, 1.54) is 0 Å². The Bertz CT molecular complexity index is 707. The highest BCUT2D eigenvalue weighted by Crippen LogP contribution is 2.16. The number of aryl methyl sites for hydroxylation is 1. The highest BCUT2D eigenvalue weighted by atomic mass is 16.2. The summed E-state index contributed by atoms with van der Waals surface area (Å²) in [5.74, 6) is 0.235. The summed E-state index contributed by atoms with van der Waals surface area (Å²) in [6.45, 7) is 7.87. The Labute approximate surface area is 181 Å². The highest BCUT2D eigenvalue weighted by Gasteiger charge is 2.26. The molecular formula is C23H37N5O2. The quantitative estimate of drug-likeness (QED) is 0.729. The van der Waals surface area contributed by atoms with Gasteiger partial charge in [-0.1, -0.05) is 25.1 Å². The second-order valence-corrected chi connectivity index (χ2v) is 8.69. The number of anilines is 1. The molecule has 1 N–H and O–H groups in total. The van der Waals surface area contributed by atoms with Crippen LogP contribution in [0.5, 0.6) is 0 Å². The molecule has 0 aliphatic carbocycles. The van der Waals surface area contributed by atoms with E-state index in [4.69, 9.17) is 0 Å². The summed E-state index contributed by atoms with van der Waals surface area (Å²) in [6.07, 6.45) is 3.15. The molecule has 1 aromatic rings. The van der Waals surface area contributed by atoms with Crippen LogP contribution in [0.3, 0.4) is 0 Å². The van der Waals surface area contributed by atoms with Crippen LogP contribution in [0.2, 0.25) is 0 Å². The van der Waals surface area contributed by atoms with Crippen LogP contribution in [0.1, 0.15) is 25.3 Å². The predicted octanol–water partition coefficient (Wildman–Crippen LogP) is 1.36. The molecule has 2 fully saturated rings. The second-order valence-electron chi connectivity index (χ2n) is 8.69. The van der Waals surface area contributed by atoms with Crippen LogP contribution in [0.4, 0.5) is 5.69 Å². The minimum absolute atomic E-state index is 0.0134. The van der Waals surface area contributed by atoms with Crippen molar-refractivity contribution >= 4 is 17.5 Å². The minimum atomic E-state index is 0.0134. The van der Waals surface area contributed by atoms with Crippen molar-refractivity contribution in [1.29, 1.82) is 0 Å². The van der Waals surface area contributed by atoms with Crippen molar-refractivity contribution in [2.24, 2.45) is 0 Å². The van der Waals surface area contributed by atoms with Crippen molar-refractivity contribution in [2.75, 3.05) is 71.8 Å². The Morgan fingerprint density at radius 3 is 2.23 bits per heavy atom. The predicted molar refractivity (Wildman–Crippen MR) is 121 cm³/mol. The number of nitrogens with zero attached hydrogens (tertiary/aromatic N) is 4. The van der Waals surface area contributed by atoms with Gasteiger partial charge < -0.3 is 15.1 Å². The summed E-state index contributed by atoms with van der Waals surface area (Å²) in [6, 6.07) is 8.57. The third-order valence-electron chi connectivity index (χ3n) is 6.41. The van der Waals surface area contributed by atoms with E-state index in [-0.39, 0.29) is 11.8 Å². The highest BCUT2D eigenvalue weighted by molar-refractivity contribution is 5.93. The normalized spacial score (nSPS) is 19.3. The largest absolute Gasteiger partial charge is 0.339 e. The molecular weight excluding hydrogens is 378 g/mol. The first kappa shape index (κ1) is 22.7. The van der Waals surface area contributed by atoms with E-state index in [0.717, 1.165) is 56.7 Å². The Kier molecular flexibility index (Phi) is 8.24. The molecule has 0 saturated carbocycles. The molecule has 0 bridgehead atoms. The number of carbonyl (C=O) groups excluding carboxylic acids is 2. The average Bonchev–Trinajstić information content (AvgIpc) is 2.75. The fraction of sp³-hybridized carbons (Fsp3) is 0.652. The molecule has 0 aromatic heterocycles. The summed E-state index contributed by atoms with van der Waals surface area (Å²) in [5.41, 5.74) is 2.05. The molecule has 3 rings (SSSR count). The zero-order chi connectivity index (χ0) is 21.5. The molecule has 0 radical (unpaired) electrons. The van der Waals surface area contributed by atoms with E-state index < -0.39 is 0 Å². The van der Waals surface area contributed by atoms with Gasteiger partial charge in [-0.05, 0) is 45.0 Å². The maximum atomic E-state index is 12.7. The topological polar surface area (TPSA) is 59.1 Å². The number of para-hydroxylation sites is 1. The van der Waals surface area contributed by atoms with Crippen LogP contribution in [0.25, 0.3) is 0 Å². The molecule has 2 aliphatic rings. The zero-order valence-corrected chi connectivity index (χ0v) is 18.8. The lowest BCUT2D eigenvalue weighted by atomic mass is 10.0. The van der Waals surface area contributed by atoms with E-state index in [2.05, 4.69) is 41.0 Å². The molecule has 7 nitrogen and oxygen atoms in total. The van der Waals surface area contributed by atoms with Gasteiger partial charge in [0.25, 0.3) is 0 Å². The molecule has 1 aromatic carbocycles. The third kappa shape index (κ3) is 6.27. The van der Waals surface area contributed by atoms with Gasteiger partial charge in [-0.25, -0.2) is 0 Å². The first-order chi connectivity index (χ1) is 14.5. The van der Waals surface area contributed by atoms with Crippen molar-refractivity contribution in [1.82, 2.24) is 19.6 Å². The fourth-order valence-corrected chi connectivity index (χ4v) is 4.38. The summed E-state index contributed by atoms with van der Waals surface area (Å²) in [5, 5.41) is 3.04. The smallest absolute Gasteiger partial charge is 0.238 e. The van der Waals surface area contributed by atoms with Crippen LogP contribution in [0, 0.1) is 0 Å². The molecule has 0 unspecified atom stereocenters. The SMILES string of the molecule is CCc1ccccc1NC(=O)CN1CCN(C(=O)CN2CCC(N(C)C)CC2)CC1. The number of likely N-dealkylation sites (tertiary alicyclic amines) is 1. The summed E-state index contributed by atoms with van der Waals surface area (Å²) >= 11 is 0. The lowest BCUT2D eigenvalue weighted by molar-refractivity contribution is -0.134. The van der Waals surface area contributed by atoms with E-state index in [1.807, 2.05) is 29.2 Å². The van der Waals surface area contributed by atoms with E-state index >= 15 is 0 Å². The lowest BCUT2D eigenvalue weighted by Gasteiger charge is -2.38. The van der Waals surface area contributed by atoms with E-state index in [0.29, 0.717) is 32.2 Å². The molecule has 0 atom stereocenters. The molecule has 2 amide bonds. The van der Waals surface area contributed by atoms with Crippen molar-refractivity contribution in [2.45, 2.75) is 32.2 Å². The molecule has 30 heavy (non-hydrogen) atoms. The Morgan fingerprint density at radius 1 is 0.967 bits per heavy atom. The Hall–Kier alpha value is -1.96. The number of piperazine rings is 1. The van der Waals surface area contributed by atoms with Gasteiger partial charge >= 0.3 is 0 Å². The van der Waals surface area contributed by atoms with Crippen LogP contribution >= 0.6 is 0 Å². The monoisotopic (exact) mass is 415 g/mol. The van der Waals surface area contributed by atoms with Gasteiger partial charge in [-0.15, -0.1) is 0 Å².